The molecule has 1 N–H and O–H groups in total. The lowest BCUT2D eigenvalue weighted by Gasteiger charge is -2.19. The molecule has 2 aliphatic rings. The molecule has 110 valence electrons. The number of nitrogens with zero attached hydrogens (tertiary/aromatic N) is 1. The number of benzene rings is 1. The first-order chi connectivity index (χ1) is 10.1. The number of aromatic carboxylic acids is 1. The summed E-state index contributed by atoms with van der Waals surface area (Å²) in [5, 5.41) is 8.87. The molecule has 2 unspecified atom stereocenters. The van der Waals surface area contributed by atoms with Gasteiger partial charge < -0.3 is 5.11 Å². The normalized spacial score (nSPS) is 25.0. The summed E-state index contributed by atoms with van der Waals surface area (Å²) in [6.07, 6.45) is 3.65. The molecule has 2 atom stereocenters. The fourth-order valence-electron chi connectivity index (χ4n) is 3.32. The van der Waals surface area contributed by atoms with Crippen molar-refractivity contribution >= 4 is 17.8 Å². The molecule has 1 heterocycles. The first-order valence-corrected chi connectivity index (χ1v) is 7.25. The standard InChI is InChI=1S/C16H17NO4/c18-14-12-3-1-2-4-13(12)15(19)17(14)9-10-5-7-11(8-6-10)16(20)21/h5-8,12-13H,1-4,9H2,(H,20,21). The molecule has 1 saturated heterocycles. The Hall–Kier alpha value is -2.17. The maximum absolute atomic E-state index is 12.3. The quantitative estimate of drug-likeness (QED) is 0.863. The predicted molar refractivity (Wildman–Crippen MR) is 74.4 cm³/mol. The van der Waals surface area contributed by atoms with Gasteiger partial charge in [-0.05, 0) is 30.5 Å². The highest BCUT2D eigenvalue weighted by molar-refractivity contribution is 6.05. The Morgan fingerprint density at radius 3 is 2.05 bits per heavy atom. The van der Waals surface area contributed by atoms with Gasteiger partial charge in [0.1, 0.15) is 0 Å². The van der Waals surface area contributed by atoms with Crippen LogP contribution < -0.4 is 0 Å². The van der Waals surface area contributed by atoms with Crippen LogP contribution in [0.2, 0.25) is 0 Å². The number of imide groups is 1. The molecule has 2 amide bonds. The van der Waals surface area contributed by atoms with Gasteiger partial charge in [-0.3, -0.25) is 14.5 Å². The van der Waals surface area contributed by atoms with E-state index < -0.39 is 5.97 Å². The van der Waals surface area contributed by atoms with Crippen molar-refractivity contribution in [3.05, 3.63) is 35.4 Å². The number of carboxylic acids is 1. The van der Waals surface area contributed by atoms with Gasteiger partial charge in [-0.25, -0.2) is 4.79 Å². The molecule has 0 aromatic heterocycles. The van der Waals surface area contributed by atoms with Crippen LogP contribution in [-0.2, 0) is 16.1 Å². The molecular formula is C16H17NO4. The van der Waals surface area contributed by atoms with Gasteiger partial charge in [0, 0.05) is 0 Å². The topological polar surface area (TPSA) is 74.7 Å². The Balaban J connectivity index is 1.76. The summed E-state index contributed by atoms with van der Waals surface area (Å²) in [5.41, 5.74) is 0.979. The Bertz CT molecular complexity index is 569. The van der Waals surface area contributed by atoms with E-state index in [0.29, 0.717) is 0 Å². The Morgan fingerprint density at radius 2 is 1.57 bits per heavy atom. The molecule has 1 aromatic rings. The van der Waals surface area contributed by atoms with Crippen LogP contribution in [0.15, 0.2) is 24.3 Å². The van der Waals surface area contributed by atoms with Gasteiger partial charge in [0.25, 0.3) is 0 Å². The third kappa shape index (κ3) is 2.44. The zero-order chi connectivity index (χ0) is 15.0. The van der Waals surface area contributed by atoms with Crippen molar-refractivity contribution in [1.82, 2.24) is 4.90 Å². The van der Waals surface area contributed by atoms with Gasteiger partial charge in [-0.15, -0.1) is 0 Å². The Morgan fingerprint density at radius 1 is 1.05 bits per heavy atom. The zero-order valence-electron chi connectivity index (χ0n) is 11.6. The van der Waals surface area contributed by atoms with Crippen LogP contribution in [0.25, 0.3) is 0 Å². The average molecular weight is 287 g/mol. The minimum absolute atomic E-state index is 0.0630. The number of likely N-dealkylation sites (tertiary alicyclic amines) is 1. The SMILES string of the molecule is O=C(O)c1ccc(CN2C(=O)C3CCCCC3C2=O)cc1. The van der Waals surface area contributed by atoms with Gasteiger partial charge in [-0.2, -0.15) is 0 Å². The second-order valence-corrected chi connectivity index (χ2v) is 5.76. The summed E-state index contributed by atoms with van der Waals surface area (Å²) in [6, 6.07) is 6.31. The lowest BCUT2D eigenvalue weighted by atomic mass is 9.81. The number of rotatable bonds is 3. The molecule has 5 heteroatoms. The number of hydrogen-bond acceptors (Lipinski definition) is 3. The predicted octanol–water partition coefficient (Wildman–Crippen LogP) is 2.06. The van der Waals surface area contributed by atoms with Gasteiger partial charge >= 0.3 is 5.97 Å². The van der Waals surface area contributed by atoms with E-state index in [1.54, 1.807) is 12.1 Å². The van der Waals surface area contributed by atoms with Crippen molar-refractivity contribution in [1.29, 1.82) is 0 Å². The number of carbonyl (C=O) groups excluding carboxylic acids is 2. The van der Waals surface area contributed by atoms with Crippen LogP contribution in [0, 0.1) is 11.8 Å². The van der Waals surface area contributed by atoms with Crippen molar-refractivity contribution < 1.29 is 19.5 Å². The molecule has 3 rings (SSSR count). The summed E-state index contributed by atoms with van der Waals surface area (Å²) in [5.74, 6) is -1.38. The molecule has 0 radical (unpaired) electrons. The van der Waals surface area contributed by atoms with Crippen LogP contribution in [0.1, 0.15) is 41.6 Å². The fourth-order valence-corrected chi connectivity index (χ4v) is 3.32. The highest BCUT2D eigenvalue weighted by atomic mass is 16.4. The Labute approximate surface area is 122 Å². The van der Waals surface area contributed by atoms with Crippen LogP contribution >= 0.6 is 0 Å². The molecule has 5 nitrogen and oxygen atoms in total. The number of fused-ring (bicyclic) bond motifs is 1. The van der Waals surface area contributed by atoms with E-state index in [0.717, 1.165) is 31.2 Å². The van der Waals surface area contributed by atoms with E-state index in [1.165, 1.54) is 17.0 Å². The number of amides is 2. The summed E-state index contributed by atoms with van der Waals surface area (Å²) in [4.78, 5) is 36.8. The molecule has 21 heavy (non-hydrogen) atoms. The monoisotopic (exact) mass is 287 g/mol. The van der Waals surface area contributed by atoms with E-state index in [4.69, 9.17) is 5.11 Å². The summed E-state index contributed by atoms with van der Waals surface area (Å²) in [6.45, 7) is 0.241. The second-order valence-electron chi connectivity index (χ2n) is 5.76. The summed E-state index contributed by atoms with van der Waals surface area (Å²) < 4.78 is 0. The molecular weight excluding hydrogens is 270 g/mol. The van der Waals surface area contributed by atoms with E-state index in [9.17, 15) is 14.4 Å². The maximum atomic E-state index is 12.3. The summed E-state index contributed by atoms with van der Waals surface area (Å²) >= 11 is 0. The first kappa shape index (κ1) is 13.8. The van der Waals surface area contributed by atoms with Gasteiger partial charge in [0.2, 0.25) is 11.8 Å². The van der Waals surface area contributed by atoms with Gasteiger partial charge in [-0.1, -0.05) is 25.0 Å². The average Bonchev–Trinajstić information content (AvgIpc) is 2.73. The minimum atomic E-state index is -0.985. The number of carboxylic acid groups (broad SMARTS) is 1. The minimum Gasteiger partial charge on any atom is -0.478 e. The van der Waals surface area contributed by atoms with Crippen molar-refractivity contribution in [2.45, 2.75) is 32.2 Å². The van der Waals surface area contributed by atoms with Gasteiger partial charge in [0.05, 0.1) is 23.9 Å². The van der Waals surface area contributed by atoms with Crippen LogP contribution in [-0.4, -0.2) is 27.8 Å². The molecule has 1 saturated carbocycles. The molecule has 1 aromatic carbocycles. The van der Waals surface area contributed by atoms with Crippen LogP contribution in [0.5, 0.6) is 0 Å². The second kappa shape index (κ2) is 5.31. The number of carbonyl (C=O) groups is 3. The Kier molecular flexibility index (Phi) is 3.49. The maximum Gasteiger partial charge on any atom is 0.335 e. The van der Waals surface area contributed by atoms with Crippen molar-refractivity contribution in [2.75, 3.05) is 0 Å². The highest BCUT2D eigenvalue weighted by Gasteiger charge is 2.47. The van der Waals surface area contributed by atoms with Crippen molar-refractivity contribution in [3.8, 4) is 0 Å². The van der Waals surface area contributed by atoms with Crippen molar-refractivity contribution in [3.63, 3.8) is 0 Å². The lowest BCUT2D eigenvalue weighted by Crippen LogP contribution is -2.30. The molecule has 0 spiro atoms. The van der Waals surface area contributed by atoms with Crippen molar-refractivity contribution in [2.24, 2.45) is 11.8 Å². The van der Waals surface area contributed by atoms with E-state index in [-0.39, 0.29) is 35.8 Å². The van der Waals surface area contributed by atoms with Crippen LogP contribution in [0.3, 0.4) is 0 Å². The lowest BCUT2D eigenvalue weighted by molar-refractivity contribution is -0.140. The third-order valence-electron chi connectivity index (χ3n) is 4.47. The molecule has 0 bridgehead atoms. The zero-order valence-corrected chi connectivity index (χ0v) is 11.6. The number of hydrogen-bond donors (Lipinski definition) is 1. The van der Waals surface area contributed by atoms with E-state index in [2.05, 4.69) is 0 Å². The molecule has 1 aliphatic carbocycles. The van der Waals surface area contributed by atoms with Crippen LogP contribution in [0.4, 0.5) is 0 Å². The summed E-state index contributed by atoms with van der Waals surface area (Å²) in [7, 11) is 0. The highest BCUT2D eigenvalue weighted by Crippen LogP contribution is 2.38. The molecule has 1 aliphatic heterocycles. The largest absolute Gasteiger partial charge is 0.478 e. The smallest absolute Gasteiger partial charge is 0.335 e. The van der Waals surface area contributed by atoms with Gasteiger partial charge in [0.15, 0.2) is 0 Å². The van der Waals surface area contributed by atoms with E-state index in [1.807, 2.05) is 0 Å². The van der Waals surface area contributed by atoms with E-state index >= 15 is 0 Å². The fraction of sp³-hybridized carbons (Fsp3) is 0.438. The first-order valence-electron chi connectivity index (χ1n) is 7.25. The molecule has 2 fully saturated rings. The third-order valence-corrected chi connectivity index (χ3v) is 4.47.